The lowest BCUT2D eigenvalue weighted by molar-refractivity contribution is -0.132. The molecule has 0 saturated carbocycles. The van der Waals surface area contributed by atoms with Crippen molar-refractivity contribution in [2.24, 2.45) is 0 Å². The minimum Gasteiger partial charge on any atom is -0.340 e. The zero-order chi connectivity index (χ0) is 24.4. The van der Waals surface area contributed by atoms with Crippen LogP contribution in [0, 0.1) is 18.6 Å². The molecule has 1 aromatic heterocycles. The van der Waals surface area contributed by atoms with Crippen molar-refractivity contribution in [2.75, 3.05) is 11.9 Å². The Labute approximate surface area is 203 Å². The van der Waals surface area contributed by atoms with Gasteiger partial charge in [-0.05, 0) is 67.4 Å². The molecule has 0 unspecified atom stereocenters. The monoisotopic (exact) mass is 472 g/mol. The second-order valence-electron chi connectivity index (χ2n) is 8.82. The second kappa shape index (κ2) is 9.70. The molecule has 0 spiro atoms. The SMILES string of the molecule is Cc1ccc(CCC(=O)N2CCn3c(nc(-c4ccc(F)cc4)c3Nc3ccc(F)cc3)C2)cc1. The largest absolute Gasteiger partial charge is 0.340 e. The smallest absolute Gasteiger partial charge is 0.223 e. The number of fused-ring (bicyclic) bond motifs is 1. The van der Waals surface area contributed by atoms with Crippen molar-refractivity contribution in [1.29, 1.82) is 0 Å². The van der Waals surface area contributed by atoms with Gasteiger partial charge in [0.05, 0.1) is 6.54 Å². The molecule has 4 aromatic rings. The Morgan fingerprint density at radius 1 is 0.914 bits per heavy atom. The number of amides is 1. The van der Waals surface area contributed by atoms with Gasteiger partial charge in [-0.3, -0.25) is 4.79 Å². The van der Waals surface area contributed by atoms with Crippen LogP contribution in [0.25, 0.3) is 11.3 Å². The summed E-state index contributed by atoms with van der Waals surface area (Å²) in [6.45, 7) is 3.58. The van der Waals surface area contributed by atoms with Crippen LogP contribution in [0.2, 0.25) is 0 Å². The Morgan fingerprint density at radius 3 is 2.26 bits per heavy atom. The van der Waals surface area contributed by atoms with Crippen LogP contribution in [-0.2, 0) is 24.3 Å². The average molecular weight is 473 g/mol. The van der Waals surface area contributed by atoms with Gasteiger partial charge in [-0.2, -0.15) is 0 Å². The number of nitrogens with zero attached hydrogens (tertiary/aromatic N) is 3. The maximum Gasteiger partial charge on any atom is 0.223 e. The lowest BCUT2D eigenvalue weighted by Gasteiger charge is -2.28. The van der Waals surface area contributed by atoms with Gasteiger partial charge in [0.15, 0.2) is 0 Å². The highest BCUT2D eigenvalue weighted by Gasteiger charge is 2.27. The summed E-state index contributed by atoms with van der Waals surface area (Å²) in [5, 5.41) is 3.35. The third-order valence-electron chi connectivity index (χ3n) is 6.30. The van der Waals surface area contributed by atoms with Gasteiger partial charge in [0.1, 0.15) is 29.0 Å². The summed E-state index contributed by atoms with van der Waals surface area (Å²) in [5.41, 5.74) is 4.49. The number of imidazole rings is 1. The number of carbonyl (C=O) groups excluding carboxylic acids is 1. The molecule has 5 rings (SSSR count). The first-order chi connectivity index (χ1) is 17.0. The molecule has 178 valence electrons. The number of benzene rings is 3. The van der Waals surface area contributed by atoms with Crippen molar-refractivity contribution in [3.8, 4) is 11.3 Å². The first kappa shape index (κ1) is 22.8. The van der Waals surface area contributed by atoms with E-state index in [1.165, 1.54) is 29.8 Å². The van der Waals surface area contributed by atoms with E-state index in [9.17, 15) is 13.6 Å². The predicted molar refractivity (Wildman–Crippen MR) is 132 cm³/mol. The fraction of sp³-hybridized carbons (Fsp3) is 0.214. The van der Waals surface area contributed by atoms with Gasteiger partial charge in [0, 0.05) is 30.8 Å². The molecule has 0 bridgehead atoms. The minimum absolute atomic E-state index is 0.0937. The standard InChI is InChI=1S/C28H26F2N4O/c1-19-2-4-20(5-3-19)6-15-26(35)33-16-17-34-25(18-33)32-27(21-7-9-22(29)10-8-21)28(34)31-24-13-11-23(30)12-14-24/h2-5,7-14,31H,6,15-18H2,1H3. The molecule has 0 saturated heterocycles. The van der Waals surface area contributed by atoms with E-state index < -0.39 is 0 Å². The molecule has 0 atom stereocenters. The van der Waals surface area contributed by atoms with E-state index in [1.54, 1.807) is 24.3 Å². The highest BCUT2D eigenvalue weighted by atomic mass is 19.1. The summed E-state index contributed by atoms with van der Waals surface area (Å²) < 4.78 is 29.0. The van der Waals surface area contributed by atoms with E-state index >= 15 is 0 Å². The van der Waals surface area contributed by atoms with Gasteiger partial charge in [0.25, 0.3) is 0 Å². The van der Waals surface area contributed by atoms with Gasteiger partial charge >= 0.3 is 0 Å². The maximum absolute atomic E-state index is 13.5. The molecule has 1 N–H and O–H groups in total. The fourth-order valence-corrected chi connectivity index (χ4v) is 4.31. The van der Waals surface area contributed by atoms with Crippen molar-refractivity contribution in [1.82, 2.24) is 14.5 Å². The van der Waals surface area contributed by atoms with Crippen LogP contribution in [0.15, 0.2) is 72.8 Å². The molecule has 35 heavy (non-hydrogen) atoms. The van der Waals surface area contributed by atoms with Crippen LogP contribution in [0.5, 0.6) is 0 Å². The van der Waals surface area contributed by atoms with Crippen molar-refractivity contribution >= 4 is 17.4 Å². The highest BCUT2D eigenvalue weighted by Crippen LogP contribution is 2.33. The van der Waals surface area contributed by atoms with Crippen LogP contribution in [0.3, 0.4) is 0 Å². The predicted octanol–water partition coefficient (Wildman–Crippen LogP) is 5.86. The summed E-state index contributed by atoms with van der Waals surface area (Å²) in [7, 11) is 0. The summed E-state index contributed by atoms with van der Waals surface area (Å²) in [6, 6.07) is 20.5. The van der Waals surface area contributed by atoms with Gasteiger partial charge in [-0.25, -0.2) is 13.8 Å². The third-order valence-corrected chi connectivity index (χ3v) is 6.30. The van der Waals surface area contributed by atoms with Gasteiger partial charge in [-0.15, -0.1) is 0 Å². The van der Waals surface area contributed by atoms with Gasteiger partial charge in [0.2, 0.25) is 5.91 Å². The molecule has 3 aromatic carbocycles. The first-order valence-corrected chi connectivity index (χ1v) is 11.7. The number of anilines is 2. The van der Waals surface area contributed by atoms with E-state index in [4.69, 9.17) is 4.98 Å². The number of nitrogens with one attached hydrogen (secondary N) is 1. The Kier molecular flexibility index (Phi) is 6.31. The zero-order valence-electron chi connectivity index (χ0n) is 19.5. The molecule has 1 aliphatic heterocycles. The van der Waals surface area contributed by atoms with Crippen molar-refractivity contribution in [2.45, 2.75) is 32.9 Å². The lowest BCUT2D eigenvalue weighted by Crippen LogP contribution is -2.38. The maximum atomic E-state index is 13.5. The number of hydrogen-bond acceptors (Lipinski definition) is 3. The number of hydrogen-bond donors (Lipinski definition) is 1. The molecular weight excluding hydrogens is 446 g/mol. The minimum atomic E-state index is -0.323. The second-order valence-corrected chi connectivity index (χ2v) is 8.82. The van der Waals surface area contributed by atoms with E-state index in [-0.39, 0.29) is 17.5 Å². The third kappa shape index (κ3) is 5.09. The van der Waals surface area contributed by atoms with Crippen LogP contribution in [0.4, 0.5) is 20.3 Å². The Bertz CT molecular complexity index is 1330. The number of carbonyl (C=O) groups is 1. The number of halogens is 2. The molecule has 0 radical (unpaired) electrons. The van der Waals surface area contributed by atoms with Crippen LogP contribution >= 0.6 is 0 Å². The summed E-state index contributed by atoms with van der Waals surface area (Å²) in [5.74, 6) is 0.950. The van der Waals surface area contributed by atoms with Crippen LogP contribution in [0.1, 0.15) is 23.4 Å². The molecule has 2 heterocycles. The number of rotatable bonds is 6. The van der Waals surface area contributed by atoms with Crippen LogP contribution < -0.4 is 5.32 Å². The van der Waals surface area contributed by atoms with Gasteiger partial charge in [-0.1, -0.05) is 29.8 Å². The number of aromatic nitrogens is 2. The highest BCUT2D eigenvalue weighted by molar-refractivity contribution is 5.78. The van der Waals surface area contributed by atoms with E-state index in [2.05, 4.69) is 29.6 Å². The molecular formula is C28H26F2N4O. The quantitative estimate of drug-likeness (QED) is 0.383. The molecule has 5 nitrogen and oxygen atoms in total. The molecule has 0 aliphatic carbocycles. The van der Waals surface area contributed by atoms with Crippen molar-refractivity contribution in [3.05, 3.63) is 101 Å². The van der Waals surface area contributed by atoms with Crippen molar-refractivity contribution < 1.29 is 13.6 Å². The van der Waals surface area contributed by atoms with Crippen molar-refractivity contribution in [3.63, 3.8) is 0 Å². The van der Waals surface area contributed by atoms with E-state index in [1.807, 2.05) is 16.4 Å². The summed E-state index contributed by atoms with van der Waals surface area (Å²) >= 11 is 0. The molecule has 7 heteroatoms. The average Bonchev–Trinajstić information content (AvgIpc) is 3.22. The number of aryl methyl sites for hydroxylation is 2. The molecule has 0 fully saturated rings. The first-order valence-electron chi connectivity index (χ1n) is 11.7. The fourth-order valence-electron chi connectivity index (χ4n) is 4.31. The summed E-state index contributed by atoms with van der Waals surface area (Å²) in [4.78, 5) is 19.6. The van der Waals surface area contributed by atoms with Gasteiger partial charge < -0.3 is 14.8 Å². The molecule has 1 amide bonds. The van der Waals surface area contributed by atoms with Crippen LogP contribution in [-0.4, -0.2) is 26.9 Å². The zero-order valence-corrected chi connectivity index (χ0v) is 19.5. The molecule has 1 aliphatic rings. The Hall–Kier alpha value is -4.00. The van der Waals surface area contributed by atoms with E-state index in [0.29, 0.717) is 43.9 Å². The Balaban J connectivity index is 1.38. The summed E-state index contributed by atoms with van der Waals surface area (Å²) in [6.07, 6.45) is 1.14. The van der Waals surface area contributed by atoms with E-state index in [0.717, 1.165) is 22.8 Å². The topological polar surface area (TPSA) is 50.2 Å². The lowest BCUT2D eigenvalue weighted by atomic mass is 10.1. The normalized spacial score (nSPS) is 12.9. The Morgan fingerprint density at radius 2 is 1.57 bits per heavy atom.